The molecule has 0 aliphatic rings. The summed E-state index contributed by atoms with van der Waals surface area (Å²) in [5.41, 5.74) is 8.37. The zero-order valence-electron chi connectivity index (χ0n) is 32.2. The summed E-state index contributed by atoms with van der Waals surface area (Å²) in [6, 6.07) is 9.94. The topological polar surface area (TPSA) is 176 Å². The van der Waals surface area contributed by atoms with Crippen LogP contribution < -0.4 is 34.9 Å². The molecule has 14 nitrogen and oxygen atoms in total. The monoisotopic (exact) mass is 934 g/mol. The van der Waals surface area contributed by atoms with Crippen molar-refractivity contribution in [1.29, 1.82) is 0 Å². The van der Waals surface area contributed by atoms with Gasteiger partial charge >= 0.3 is 0 Å². The van der Waals surface area contributed by atoms with Crippen molar-refractivity contribution in [1.82, 2.24) is 19.9 Å². The van der Waals surface area contributed by atoms with E-state index in [-0.39, 0.29) is 28.2 Å². The Morgan fingerprint density at radius 2 is 1.26 bits per heavy atom. The zero-order chi connectivity index (χ0) is 43.7. The van der Waals surface area contributed by atoms with E-state index in [1.807, 2.05) is 6.92 Å². The molecular weight excluding hydrogens is 901 g/mol. The number of amides is 1. The molecule has 0 unspecified atom stereocenters. The lowest BCUT2D eigenvalue weighted by atomic mass is 10.1. The quantitative estimate of drug-likeness (QED) is 0.0620. The molecule has 310 valence electrons. The van der Waals surface area contributed by atoms with E-state index in [0.717, 1.165) is 16.9 Å². The van der Waals surface area contributed by atoms with Gasteiger partial charge in [-0.15, -0.1) is 0 Å². The number of nitrogens with zero attached hydrogens (tertiary/aromatic N) is 6. The average molecular weight is 938 g/mol. The maximum Gasteiger partial charge on any atom is 0.240 e. The number of carbonyl (C=O) groups is 1. The van der Waals surface area contributed by atoms with Gasteiger partial charge in [0.1, 0.15) is 73.3 Å². The summed E-state index contributed by atoms with van der Waals surface area (Å²) >= 11 is 41.1. The molecule has 58 heavy (non-hydrogen) atoms. The molecule has 0 fully saturated rings. The first kappa shape index (κ1) is 49.6. The van der Waals surface area contributed by atoms with E-state index in [1.54, 1.807) is 51.4 Å². The molecule has 0 radical (unpaired) electrons. The molecule has 3 aromatic carbocycles. The van der Waals surface area contributed by atoms with Crippen LogP contribution in [0, 0.1) is 13.8 Å². The van der Waals surface area contributed by atoms with Gasteiger partial charge in [-0.05, 0) is 48.7 Å². The first-order chi connectivity index (χ1) is 27.5. The standard InChI is InChI=1S/C15H15Cl2N3O3.C9H7Cl2NO2.C8H9Cl2NO.C5H6ClN3/c1-20(13-7-12(16)18-8-19-13)14(21)5-9-4-10(22-2)6-11(23-3)15(9)17;1-5-3-6(14-2)8(11)9(7(5)10)12-4-13;1-4-3-5(12-2)7(10)8(11)6(4)9;1-7-5-2-4(6)8-3-9-5/h4,6-8H,5H2,1-3H3;3H,1-2H3;3H,11H2,1-2H3;2-3H,1H3,(H,7,8,9). The van der Waals surface area contributed by atoms with E-state index >= 15 is 0 Å². The van der Waals surface area contributed by atoms with Gasteiger partial charge in [0.25, 0.3) is 0 Å². The Labute approximate surface area is 370 Å². The lowest BCUT2D eigenvalue weighted by Gasteiger charge is -2.17. The minimum absolute atomic E-state index is 0.0600. The highest BCUT2D eigenvalue weighted by Gasteiger charge is 2.18. The molecule has 1 amide bonds. The summed E-state index contributed by atoms with van der Waals surface area (Å²) in [5.74, 6) is 2.91. The molecular formula is C37H37Cl7N8O6. The number of aliphatic imine (C=N–C) groups is 1. The molecule has 3 N–H and O–H groups in total. The Bertz CT molecular complexity index is 2250. The lowest BCUT2D eigenvalue weighted by Crippen LogP contribution is -2.28. The number of carbonyl (C=O) groups excluding carboxylic acids is 2. The van der Waals surface area contributed by atoms with Gasteiger partial charge < -0.3 is 30.0 Å². The number of rotatable bonds is 9. The third kappa shape index (κ3) is 14.1. The van der Waals surface area contributed by atoms with Crippen molar-refractivity contribution in [3.8, 4) is 23.0 Å². The second-order valence-corrected chi connectivity index (χ2v) is 13.8. The summed E-state index contributed by atoms with van der Waals surface area (Å²) < 4.78 is 20.4. The number of methoxy groups -OCH3 is 4. The number of ether oxygens (including phenoxy) is 4. The highest BCUT2D eigenvalue weighted by atomic mass is 35.5. The SMILES string of the molecule is CNc1cc(Cl)ncn1.COc1cc(C)c(Cl)c(N)c1Cl.COc1cc(C)c(Cl)c(N=C=O)c1Cl.COc1cc(CC(=O)N(C)c2cc(Cl)ncn2)c(Cl)c(OC)c1. The van der Waals surface area contributed by atoms with E-state index in [1.165, 1.54) is 58.1 Å². The fraction of sp³-hybridized carbons (Fsp3) is 0.243. The Kier molecular flexibility index (Phi) is 20.9. The smallest absolute Gasteiger partial charge is 0.240 e. The second kappa shape index (κ2) is 24.4. The van der Waals surface area contributed by atoms with Crippen LogP contribution in [0.5, 0.6) is 23.0 Å². The number of anilines is 3. The molecule has 0 aliphatic heterocycles. The zero-order valence-corrected chi connectivity index (χ0v) is 37.5. The molecule has 2 heterocycles. The maximum atomic E-state index is 12.5. The van der Waals surface area contributed by atoms with Gasteiger partial charge in [-0.1, -0.05) is 81.2 Å². The van der Waals surface area contributed by atoms with Crippen LogP contribution in [0.4, 0.5) is 23.0 Å². The van der Waals surface area contributed by atoms with Gasteiger partial charge in [-0.3, -0.25) is 9.69 Å². The molecule has 0 spiro atoms. The Balaban J connectivity index is 0.000000285. The number of nitrogens with two attached hydrogens (primary N) is 1. The van der Waals surface area contributed by atoms with E-state index in [9.17, 15) is 9.59 Å². The van der Waals surface area contributed by atoms with Crippen molar-refractivity contribution in [2.75, 3.05) is 58.5 Å². The molecule has 5 rings (SSSR count). The van der Waals surface area contributed by atoms with Gasteiger partial charge in [-0.25, -0.2) is 24.7 Å². The number of aryl methyl sites for hydroxylation is 2. The van der Waals surface area contributed by atoms with Crippen molar-refractivity contribution in [2.24, 2.45) is 4.99 Å². The maximum absolute atomic E-state index is 12.5. The van der Waals surface area contributed by atoms with E-state index < -0.39 is 0 Å². The normalized spacial score (nSPS) is 9.84. The van der Waals surface area contributed by atoms with Crippen LogP contribution in [0.2, 0.25) is 35.4 Å². The largest absolute Gasteiger partial charge is 0.497 e. The van der Waals surface area contributed by atoms with E-state index in [2.05, 4.69) is 30.2 Å². The van der Waals surface area contributed by atoms with Crippen molar-refractivity contribution in [3.63, 3.8) is 0 Å². The van der Waals surface area contributed by atoms with Crippen LogP contribution in [0.1, 0.15) is 16.7 Å². The Morgan fingerprint density at radius 1 is 0.724 bits per heavy atom. The lowest BCUT2D eigenvalue weighted by molar-refractivity contribution is -0.117. The summed E-state index contributed by atoms with van der Waals surface area (Å²) in [7, 11) is 9.42. The molecule has 0 bridgehead atoms. The predicted molar refractivity (Wildman–Crippen MR) is 233 cm³/mol. The third-order valence-electron chi connectivity index (χ3n) is 7.42. The number of hydrogen-bond acceptors (Lipinski definition) is 13. The number of isocyanates is 1. The van der Waals surface area contributed by atoms with E-state index in [0.29, 0.717) is 65.3 Å². The second-order valence-electron chi connectivity index (χ2n) is 11.1. The number of benzene rings is 3. The molecule has 0 aliphatic carbocycles. The van der Waals surface area contributed by atoms with Gasteiger partial charge in [0.15, 0.2) is 0 Å². The number of hydrogen-bond donors (Lipinski definition) is 2. The van der Waals surface area contributed by atoms with Gasteiger partial charge in [0.2, 0.25) is 12.0 Å². The van der Waals surface area contributed by atoms with Crippen LogP contribution >= 0.6 is 81.2 Å². The van der Waals surface area contributed by atoms with Crippen LogP contribution in [-0.4, -0.2) is 74.5 Å². The minimum Gasteiger partial charge on any atom is -0.497 e. The van der Waals surface area contributed by atoms with E-state index in [4.69, 9.17) is 106 Å². The molecule has 2 aromatic heterocycles. The number of aromatic nitrogens is 4. The minimum atomic E-state index is -0.211. The molecule has 0 saturated heterocycles. The van der Waals surface area contributed by atoms with Crippen LogP contribution in [0.25, 0.3) is 0 Å². The predicted octanol–water partition coefficient (Wildman–Crippen LogP) is 10.3. The number of likely N-dealkylation sites (N-methyl/N-ethyl adjacent to an activating group) is 1. The van der Waals surface area contributed by atoms with Crippen molar-refractivity contribution in [3.05, 3.63) is 101 Å². The number of nitrogen functional groups attached to an aromatic ring is 1. The molecule has 0 saturated carbocycles. The molecule has 0 atom stereocenters. The van der Waals surface area contributed by atoms with Gasteiger partial charge in [-0.2, -0.15) is 4.99 Å². The summed E-state index contributed by atoms with van der Waals surface area (Å²) in [4.78, 5) is 42.8. The Morgan fingerprint density at radius 3 is 1.76 bits per heavy atom. The Hall–Kier alpha value is -4.50. The molecule has 5 aromatic rings. The first-order valence-corrected chi connectivity index (χ1v) is 18.8. The third-order valence-corrected chi connectivity index (χ3v) is 9.99. The van der Waals surface area contributed by atoms with Gasteiger partial charge in [0.05, 0.1) is 55.6 Å². The average Bonchev–Trinajstić information content (AvgIpc) is 3.22. The fourth-order valence-electron chi connectivity index (χ4n) is 4.34. The van der Waals surface area contributed by atoms with Crippen molar-refractivity contribution in [2.45, 2.75) is 20.3 Å². The van der Waals surface area contributed by atoms with Crippen molar-refractivity contribution >= 4 is 116 Å². The van der Waals surface area contributed by atoms with Crippen LogP contribution in [-0.2, 0) is 16.0 Å². The summed E-state index contributed by atoms with van der Waals surface area (Å²) in [6.07, 6.45) is 4.16. The van der Waals surface area contributed by atoms with Crippen LogP contribution in [0.15, 0.2) is 54.0 Å². The summed E-state index contributed by atoms with van der Waals surface area (Å²) in [6.45, 7) is 3.61. The van der Waals surface area contributed by atoms with Crippen LogP contribution in [0.3, 0.4) is 0 Å². The highest BCUT2D eigenvalue weighted by molar-refractivity contribution is 6.41. The number of halogens is 7. The number of nitrogens with one attached hydrogen (secondary N) is 1. The van der Waals surface area contributed by atoms with Gasteiger partial charge in [0, 0.05) is 32.3 Å². The van der Waals surface area contributed by atoms with Crippen molar-refractivity contribution < 1.29 is 28.5 Å². The molecule has 21 heteroatoms. The highest BCUT2D eigenvalue weighted by Crippen LogP contribution is 2.42. The first-order valence-electron chi connectivity index (χ1n) is 16.2. The fourth-order valence-corrected chi connectivity index (χ4v) is 5.81. The summed E-state index contributed by atoms with van der Waals surface area (Å²) in [5, 5.41) is 5.32.